The van der Waals surface area contributed by atoms with Gasteiger partial charge < -0.3 is 10.1 Å². The molecule has 0 saturated carbocycles. The molecule has 3 aromatic rings. The SMILES string of the molecule is O=C(O)c1ccc(Sc2ncnc3nc[nH]c23)c(F)c1. The predicted molar refractivity (Wildman–Crippen MR) is 69.2 cm³/mol. The summed E-state index contributed by atoms with van der Waals surface area (Å²) in [6.45, 7) is 0. The molecule has 0 spiro atoms. The number of aromatic carboxylic acids is 1. The molecule has 3 rings (SSSR count). The van der Waals surface area contributed by atoms with Crippen LogP contribution in [0.5, 0.6) is 0 Å². The zero-order valence-electron chi connectivity index (χ0n) is 9.87. The van der Waals surface area contributed by atoms with Crippen molar-refractivity contribution in [2.24, 2.45) is 0 Å². The van der Waals surface area contributed by atoms with Crippen LogP contribution in [0.4, 0.5) is 4.39 Å². The van der Waals surface area contributed by atoms with Crippen LogP contribution in [0.3, 0.4) is 0 Å². The molecule has 0 atom stereocenters. The number of benzene rings is 1. The normalized spacial score (nSPS) is 10.8. The lowest BCUT2D eigenvalue weighted by Crippen LogP contribution is -1.97. The molecule has 0 bridgehead atoms. The van der Waals surface area contributed by atoms with Crippen LogP contribution < -0.4 is 0 Å². The Balaban J connectivity index is 1.99. The van der Waals surface area contributed by atoms with Gasteiger partial charge in [0.05, 0.1) is 11.9 Å². The van der Waals surface area contributed by atoms with Gasteiger partial charge in [-0.1, -0.05) is 11.8 Å². The topological polar surface area (TPSA) is 91.8 Å². The van der Waals surface area contributed by atoms with Crippen LogP contribution in [0.25, 0.3) is 11.2 Å². The summed E-state index contributed by atoms with van der Waals surface area (Å²) < 4.78 is 13.9. The fourth-order valence-electron chi connectivity index (χ4n) is 1.64. The molecule has 0 radical (unpaired) electrons. The first-order valence-electron chi connectivity index (χ1n) is 5.50. The van der Waals surface area contributed by atoms with E-state index in [1.807, 2.05) is 0 Å². The van der Waals surface area contributed by atoms with E-state index >= 15 is 0 Å². The van der Waals surface area contributed by atoms with E-state index in [4.69, 9.17) is 5.11 Å². The number of halogens is 1. The average molecular weight is 290 g/mol. The van der Waals surface area contributed by atoms with Gasteiger partial charge in [0.25, 0.3) is 0 Å². The van der Waals surface area contributed by atoms with Crippen molar-refractivity contribution in [1.29, 1.82) is 0 Å². The minimum absolute atomic E-state index is 0.0961. The maximum atomic E-state index is 13.9. The molecule has 0 aliphatic heterocycles. The summed E-state index contributed by atoms with van der Waals surface area (Å²) in [5, 5.41) is 9.32. The molecule has 2 heterocycles. The van der Waals surface area contributed by atoms with Crippen LogP contribution in [0.2, 0.25) is 0 Å². The Morgan fingerprint density at radius 2 is 2.15 bits per heavy atom. The summed E-state index contributed by atoms with van der Waals surface area (Å²) in [6, 6.07) is 3.74. The fraction of sp³-hybridized carbons (Fsp3) is 0. The number of hydrogen-bond donors (Lipinski definition) is 2. The van der Waals surface area contributed by atoms with Crippen LogP contribution in [-0.2, 0) is 0 Å². The third-order valence-corrected chi connectivity index (χ3v) is 3.63. The van der Waals surface area contributed by atoms with Crippen molar-refractivity contribution in [3.63, 3.8) is 0 Å². The van der Waals surface area contributed by atoms with Gasteiger partial charge in [0.1, 0.15) is 22.7 Å². The summed E-state index contributed by atoms with van der Waals surface area (Å²) in [7, 11) is 0. The van der Waals surface area contributed by atoms with Crippen molar-refractivity contribution in [3.8, 4) is 0 Å². The van der Waals surface area contributed by atoms with Gasteiger partial charge in [-0.25, -0.2) is 24.1 Å². The van der Waals surface area contributed by atoms with Gasteiger partial charge in [0, 0.05) is 4.90 Å². The van der Waals surface area contributed by atoms with Gasteiger partial charge in [-0.15, -0.1) is 0 Å². The first-order valence-corrected chi connectivity index (χ1v) is 6.31. The van der Waals surface area contributed by atoms with Gasteiger partial charge >= 0.3 is 5.97 Å². The molecule has 20 heavy (non-hydrogen) atoms. The number of hydrogen-bond acceptors (Lipinski definition) is 5. The Morgan fingerprint density at radius 1 is 1.30 bits per heavy atom. The Morgan fingerprint density at radius 3 is 2.90 bits per heavy atom. The van der Waals surface area contributed by atoms with Crippen LogP contribution in [-0.4, -0.2) is 31.0 Å². The van der Waals surface area contributed by atoms with Crippen molar-refractivity contribution < 1.29 is 14.3 Å². The largest absolute Gasteiger partial charge is 0.478 e. The maximum absolute atomic E-state index is 13.9. The summed E-state index contributed by atoms with van der Waals surface area (Å²) in [5.41, 5.74) is 1.01. The number of aromatic amines is 1. The minimum Gasteiger partial charge on any atom is -0.478 e. The van der Waals surface area contributed by atoms with Crippen LogP contribution in [0, 0.1) is 5.82 Å². The second-order valence-corrected chi connectivity index (χ2v) is 4.86. The lowest BCUT2D eigenvalue weighted by molar-refractivity contribution is 0.0696. The van der Waals surface area contributed by atoms with Crippen molar-refractivity contribution in [2.75, 3.05) is 0 Å². The highest BCUT2D eigenvalue weighted by atomic mass is 32.2. The number of aromatic nitrogens is 4. The van der Waals surface area contributed by atoms with E-state index in [0.29, 0.717) is 16.2 Å². The van der Waals surface area contributed by atoms with Crippen LogP contribution >= 0.6 is 11.8 Å². The molecule has 0 aliphatic rings. The molecule has 1 aromatic carbocycles. The van der Waals surface area contributed by atoms with Crippen LogP contribution in [0.15, 0.2) is 40.8 Å². The Bertz CT molecular complexity index is 805. The third kappa shape index (κ3) is 2.21. The smallest absolute Gasteiger partial charge is 0.335 e. The Kier molecular flexibility index (Phi) is 3.07. The predicted octanol–water partition coefficient (Wildman–Crippen LogP) is 2.34. The van der Waals surface area contributed by atoms with E-state index in [-0.39, 0.29) is 10.5 Å². The molecule has 8 heteroatoms. The molecular formula is C12H7FN4O2S. The van der Waals surface area contributed by atoms with Crippen molar-refractivity contribution in [1.82, 2.24) is 19.9 Å². The second kappa shape index (κ2) is 4.89. The van der Waals surface area contributed by atoms with E-state index in [2.05, 4.69) is 19.9 Å². The number of carboxylic acids is 1. The molecule has 2 aromatic heterocycles. The fourth-order valence-corrected chi connectivity index (χ4v) is 2.49. The number of rotatable bonds is 3. The number of nitrogens with one attached hydrogen (secondary N) is 1. The van der Waals surface area contributed by atoms with Gasteiger partial charge in [-0.05, 0) is 18.2 Å². The molecule has 0 aliphatic carbocycles. The number of H-pyrrole nitrogens is 1. The zero-order valence-corrected chi connectivity index (χ0v) is 10.7. The number of carbonyl (C=O) groups is 1. The molecule has 100 valence electrons. The lowest BCUT2D eigenvalue weighted by Gasteiger charge is -2.04. The first-order chi connectivity index (χ1) is 9.65. The highest BCUT2D eigenvalue weighted by Crippen LogP contribution is 2.31. The van der Waals surface area contributed by atoms with E-state index in [1.165, 1.54) is 24.8 Å². The molecule has 0 fully saturated rings. The standard InChI is InChI=1S/C12H7FN4O2S/c13-7-3-6(12(18)19)1-2-8(7)20-11-9-10(15-4-14-9)16-5-17-11/h1-5H,(H,18,19)(H,14,15,16,17). The summed E-state index contributed by atoms with van der Waals surface area (Å²) >= 11 is 1.08. The van der Waals surface area contributed by atoms with Gasteiger partial charge in [-0.3, -0.25) is 0 Å². The van der Waals surface area contributed by atoms with E-state index < -0.39 is 11.8 Å². The molecule has 0 amide bonds. The summed E-state index contributed by atoms with van der Waals surface area (Å²) in [6.07, 6.45) is 2.82. The number of carboxylic acid groups (broad SMARTS) is 1. The van der Waals surface area contributed by atoms with E-state index in [0.717, 1.165) is 17.8 Å². The summed E-state index contributed by atoms with van der Waals surface area (Å²) in [5.74, 6) is -1.78. The van der Waals surface area contributed by atoms with Crippen LogP contribution in [0.1, 0.15) is 10.4 Å². The van der Waals surface area contributed by atoms with Crippen molar-refractivity contribution in [2.45, 2.75) is 9.92 Å². The number of imidazole rings is 1. The average Bonchev–Trinajstić information content (AvgIpc) is 2.90. The Hall–Kier alpha value is -2.48. The number of fused-ring (bicyclic) bond motifs is 1. The monoisotopic (exact) mass is 290 g/mol. The molecular weight excluding hydrogens is 283 g/mol. The second-order valence-electron chi connectivity index (χ2n) is 3.83. The van der Waals surface area contributed by atoms with E-state index in [1.54, 1.807) is 0 Å². The molecule has 6 nitrogen and oxygen atoms in total. The van der Waals surface area contributed by atoms with Gasteiger partial charge in [0.2, 0.25) is 0 Å². The third-order valence-electron chi connectivity index (χ3n) is 2.57. The maximum Gasteiger partial charge on any atom is 0.335 e. The van der Waals surface area contributed by atoms with Gasteiger partial charge in [-0.2, -0.15) is 0 Å². The molecule has 2 N–H and O–H groups in total. The summed E-state index contributed by atoms with van der Waals surface area (Å²) in [4.78, 5) is 25.9. The number of nitrogens with zero attached hydrogens (tertiary/aromatic N) is 3. The van der Waals surface area contributed by atoms with Crippen molar-refractivity contribution >= 4 is 28.9 Å². The van der Waals surface area contributed by atoms with Gasteiger partial charge in [0.15, 0.2) is 5.65 Å². The highest BCUT2D eigenvalue weighted by molar-refractivity contribution is 7.99. The van der Waals surface area contributed by atoms with E-state index in [9.17, 15) is 9.18 Å². The molecule has 0 saturated heterocycles. The zero-order chi connectivity index (χ0) is 14.1. The van der Waals surface area contributed by atoms with Crippen molar-refractivity contribution in [3.05, 3.63) is 42.2 Å². The highest BCUT2D eigenvalue weighted by Gasteiger charge is 2.13. The lowest BCUT2D eigenvalue weighted by atomic mass is 10.2. The first kappa shape index (κ1) is 12.5. The quantitative estimate of drug-likeness (QED) is 0.719. The molecule has 0 unspecified atom stereocenters. The minimum atomic E-state index is -1.17. The Labute approximate surface area is 116 Å².